The third-order valence-corrected chi connectivity index (χ3v) is 1.29. The van der Waals surface area contributed by atoms with Gasteiger partial charge in [0, 0.05) is 13.2 Å². The second-order valence-corrected chi connectivity index (χ2v) is 3.12. The number of ether oxygens (including phenoxy) is 1. The van der Waals surface area contributed by atoms with Crippen molar-refractivity contribution in [3.8, 4) is 0 Å². The van der Waals surface area contributed by atoms with Crippen LogP contribution in [0.25, 0.3) is 0 Å². The lowest BCUT2D eigenvalue weighted by Gasteiger charge is -1.97. The van der Waals surface area contributed by atoms with Crippen LogP contribution in [0.1, 0.15) is 13.8 Å². The van der Waals surface area contributed by atoms with Gasteiger partial charge in [-0.05, 0) is 13.8 Å². The van der Waals surface area contributed by atoms with Crippen LogP contribution in [0.5, 0.6) is 0 Å². The van der Waals surface area contributed by atoms with Crippen molar-refractivity contribution in [3.05, 3.63) is 0 Å². The summed E-state index contributed by atoms with van der Waals surface area (Å²) in [6, 6.07) is 0. The maximum absolute atomic E-state index is 10.7. The van der Waals surface area contributed by atoms with Crippen LogP contribution in [0, 0.1) is 0 Å². The van der Waals surface area contributed by atoms with Gasteiger partial charge in [-0.1, -0.05) is 0 Å². The highest BCUT2D eigenvalue weighted by Crippen LogP contribution is 2.20. The number of hydrogen-bond donors (Lipinski definition) is 1. The molecule has 0 radical (unpaired) electrons. The molecule has 0 aromatic heterocycles. The van der Waals surface area contributed by atoms with Gasteiger partial charge in [0.15, 0.2) is 0 Å². The Kier molecular flexibility index (Phi) is 7.18. The van der Waals surface area contributed by atoms with Gasteiger partial charge in [-0.3, -0.25) is 4.55 Å². The highest BCUT2D eigenvalue weighted by molar-refractivity contribution is 7.86. The Balaban J connectivity index is 0. The molecule has 0 aliphatic carbocycles. The van der Waals surface area contributed by atoms with Gasteiger partial charge in [-0.15, -0.1) is 0 Å². The first-order chi connectivity index (χ1) is 5.66. The molecule has 0 aliphatic rings. The quantitative estimate of drug-likeness (QED) is 0.569. The van der Waals surface area contributed by atoms with Crippen molar-refractivity contribution in [1.29, 1.82) is 0 Å². The van der Waals surface area contributed by atoms with Crippen molar-refractivity contribution in [2.24, 2.45) is 0 Å². The van der Waals surface area contributed by atoms with E-state index in [1.807, 2.05) is 13.8 Å². The van der Waals surface area contributed by atoms with Crippen LogP contribution in [0.3, 0.4) is 0 Å². The molecule has 0 rings (SSSR count). The van der Waals surface area contributed by atoms with E-state index >= 15 is 0 Å². The molecule has 0 aliphatic heterocycles. The van der Waals surface area contributed by atoms with E-state index in [9.17, 15) is 13.2 Å². The normalized spacial score (nSPS) is 11.8. The second kappa shape index (κ2) is 6.17. The molecule has 0 heterocycles. The van der Waals surface area contributed by atoms with Gasteiger partial charge in [0.05, 0.1) is 0 Å². The van der Waals surface area contributed by atoms with Gasteiger partial charge in [0.25, 0.3) is 0 Å². The molecule has 82 valence electrons. The summed E-state index contributed by atoms with van der Waals surface area (Å²) < 4.78 is 62.4. The summed E-state index contributed by atoms with van der Waals surface area (Å²) >= 11 is 0. The Hall–Kier alpha value is -0.340. The zero-order valence-electron chi connectivity index (χ0n) is 7.13. The fourth-order valence-corrected chi connectivity index (χ4v) is 0.204. The Morgan fingerprint density at radius 1 is 1.23 bits per heavy atom. The summed E-state index contributed by atoms with van der Waals surface area (Å²) in [5.74, 6) is 0. The summed E-state index contributed by atoms with van der Waals surface area (Å²) in [6.07, 6.45) is 0. The molecule has 0 atom stereocenters. The third-order valence-electron chi connectivity index (χ3n) is 0.701. The average molecular weight is 224 g/mol. The topological polar surface area (TPSA) is 63.6 Å². The van der Waals surface area contributed by atoms with E-state index in [4.69, 9.17) is 17.7 Å². The summed E-state index contributed by atoms with van der Waals surface area (Å²) in [4.78, 5) is 0. The van der Waals surface area contributed by atoms with Gasteiger partial charge in [0.2, 0.25) is 0 Å². The smallest absolute Gasteiger partial charge is 0.382 e. The summed E-state index contributed by atoms with van der Waals surface area (Å²) in [7, 11) is -5.84. The first kappa shape index (κ1) is 15.1. The third kappa shape index (κ3) is 9.57. The number of rotatable bonds is 2. The average Bonchev–Trinajstić information content (AvgIpc) is 1.85. The number of halogens is 3. The van der Waals surface area contributed by atoms with Crippen LogP contribution >= 0.6 is 0 Å². The number of alkyl halides is 3. The second-order valence-electron chi connectivity index (χ2n) is 1.70. The maximum atomic E-state index is 10.7. The van der Waals surface area contributed by atoms with Crippen molar-refractivity contribution >= 4 is 10.1 Å². The minimum Gasteiger partial charge on any atom is -0.382 e. The van der Waals surface area contributed by atoms with E-state index in [-0.39, 0.29) is 0 Å². The van der Waals surface area contributed by atoms with Gasteiger partial charge < -0.3 is 4.74 Å². The lowest BCUT2D eigenvalue weighted by atomic mass is 10.8. The minimum absolute atomic E-state index is 0.844. The van der Waals surface area contributed by atoms with Crippen molar-refractivity contribution < 1.29 is 30.9 Å². The molecule has 0 saturated heterocycles. The van der Waals surface area contributed by atoms with E-state index in [0.29, 0.717) is 0 Å². The standard InChI is InChI=1S/C4H10O.CHF3O3S/c1-3-5-4-2;2-1(3,4)8(5,6)7/h3-4H2,1-2H3;(H,5,6,7). The molecule has 0 bridgehead atoms. The molecule has 0 saturated carbocycles. The summed E-state index contributed by atoms with van der Waals surface area (Å²) in [6.45, 7) is 5.67. The molecular weight excluding hydrogens is 213 g/mol. The maximum Gasteiger partial charge on any atom is 0.522 e. The van der Waals surface area contributed by atoms with Crippen LogP contribution in [-0.2, 0) is 14.9 Å². The van der Waals surface area contributed by atoms with Gasteiger partial charge in [-0.25, -0.2) is 0 Å². The van der Waals surface area contributed by atoms with E-state index in [1.165, 1.54) is 0 Å². The fourth-order valence-electron chi connectivity index (χ4n) is 0.204. The minimum atomic E-state index is -5.84. The highest BCUT2D eigenvalue weighted by atomic mass is 32.2. The van der Waals surface area contributed by atoms with Crippen molar-refractivity contribution in [2.75, 3.05) is 13.2 Å². The first-order valence-electron chi connectivity index (χ1n) is 3.28. The molecular formula is C5H11F3O4S. The van der Waals surface area contributed by atoms with Crippen LogP contribution in [0.4, 0.5) is 13.2 Å². The van der Waals surface area contributed by atoms with E-state index < -0.39 is 15.6 Å². The first-order valence-corrected chi connectivity index (χ1v) is 4.72. The predicted molar refractivity (Wildman–Crippen MR) is 39.8 cm³/mol. The Morgan fingerprint density at radius 3 is 1.46 bits per heavy atom. The molecule has 1 N–H and O–H groups in total. The fraction of sp³-hybridized carbons (Fsp3) is 1.00. The van der Waals surface area contributed by atoms with Crippen molar-refractivity contribution in [2.45, 2.75) is 19.4 Å². The SMILES string of the molecule is CCOCC.O=S(=O)(O)C(F)(F)F. The monoisotopic (exact) mass is 224 g/mol. The van der Waals surface area contributed by atoms with E-state index in [2.05, 4.69) is 0 Å². The molecule has 0 aromatic carbocycles. The summed E-state index contributed by atoms with van der Waals surface area (Å²) in [5, 5.41) is 0. The summed E-state index contributed by atoms with van der Waals surface area (Å²) in [5.41, 5.74) is -5.53. The molecule has 0 aromatic rings. The molecule has 13 heavy (non-hydrogen) atoms. The van der Waals surface area contributed by atoms with Crippen molar-refractivity contribution in [3.63, 3.8) is 0 Å². The molecule has 0 fully saturated rings. The van der Waals surface area contributed by atoms with Crippen molar-refractivity contribution in [1.82, 2.24) is 0 Å². The molecule has 0 unspecified atom stereocenters. The zero-order chi connectivity index (χ0) is 11.1. The Morgan fingerprint density at radius 2 is 1.46 bits per heavy atom. The Labute approximate surface area is 74.4 Å². The van der Waals surface area contributed by atoms with Crippen LogP contribution < -0.4 is 0 Å². The largest absolute Gasteiger partial charge is 0.522 e. The highest BCUT2D eigenvalue weighted by Gasteiger charge is 2.44. The molecule has 8 heteroatoms. The van der Waals surface area contributed by atoms with Gasteiger partial charge in [0.1, 0.15) is 0 Å². The van der Waals surface area contributed by atoms with E-state index in [0.717, 1.165) is 13.2 Å². The molecule has 4 nitrogen and oxygen atoms in total. The zero-order valence-corrected chi connectivity index (χ0v) is 7.94. The predicted octanol–water partition coefficient (Wildman–Crippen LogP) is 1.44. The number of hydrogen-bond acceptors (Lipinski definition) is 3. The van der Waals surface area contributed by atoms with Gasteiger partial charge >= 0.3 is 15.6 Å². The van der Waals surface area contributed by atoms with Crippen LogP contribution in [-0.4, -0.2) is 31.7 Å². The lowest BCUT2D eigenvalue weighted by molar-refractivity contribution is -0.0510. The Bertz CT molecular complexity index is 206. The van der Waals surface area contributed by atoms with Crippen LogP contribution in [0.15, 0.2) is 0 Å². The van der Waals surface area contributed by atoms with Gasteiger partial charge in [-0.2, -0.15) is 21.6 Å². The molecule has 0 amide bonds. The lowest BCUT2D eigenvalue weighted by Crippen LogP contribution is -2.21. The van der Waals surface area contributed by atoms with E-state index in [1.54, 1.807) is 0 Å². The van der Waals surface area contributed by atoms with Crippen LogP contribution in [0.2, 0.25) is 0 Å². The molecule has 0 spiro atoms.